The number of ether oxygens (including phenoxy) is 2. The van der Waals surface area contributed by atoms with Crippen molar-refractivity contribution in [2.45, 2.75) is 43.5 Å². The van der Waals surface area contributed by atoms with Crippen LogP contribution in [-0.2, 0) is 10.0 Å². The molecule has 3 rings (SSSR count). The van der Waals surface area contributed by atoms with Gasteiger partial charge in [-0.15, -0.1) is 0 Å². The summed E-state index contributed by atoms with van der Waals surface area (Å²) in [6.07, 6.45) is 4.95. The molecule has 27 heavy (non-hydrogen) atoms. The summed E-state index contributed by atoms with van der Waals surface area (Å²) in [5, 5.41) is 3.09. The monoisotopic (exact) mass is 396 g/mol. The van der Waals surface area contributed by atoms with Gasteiger partial charge in [-0.3, -0.25) is 4.90 Å². The molecule has 1 aliphatic heterocycles. The van der Waals surface area contributed by atoms with Crippen molar-refractivity contribution in [1.82, 2.24) is 14.9 Å². The number of nitrogens with one attached hydrogen (secondary N) is 2. The van der Waals surface area contributed by atoms with Gasteiger partial charge in [0.25, 0.3) is 10.0 Å². The lowest BCUT2D eigenvalue weighted by Crippen LogP contribution is -2.54. The normalized spacial score (nSPS) is 23.9. The molecule has 1 aliphatic carbocycles. The van der Waals surface area contributed by atoms with Gasteiger partial charge in [-0.2, -0.15) is 0 Å². The molecule has 0 spiro atoms. The summed E-state index contributed by atoms with van der Waals surface area (Å²) < 4.78 is 38.2. The van der Waals surface area contributed by atoms with E-state index >= 15 is 0 Å². The predicted molar refractivity (Wildman–Crippen MR) is 103 cm³/mol. The lowest BCUT2D eigenvalue weighted by atomic mass is 9.85. The number of sulfonamides is 1. The second kappa shape index (κ2) is 8.35. The number of aliphatic imine (C=N–C) groups is 1. The van der Waals surface area contributed by atoms with E-state index in [4.69, 9.17) is 9.47 Å². The van der Waals surface area contributed by atoms with Crippen LogP contribution in [0.25, 0.3) is 0 Å². The fourth-order valence-electron chi connectivity index (χ4n) is 3.74. The maximum absolute atomic E-state index is 12.7. The van der Waals surface area contributed by atoms with Crippen LogP contribution < -0.4 is 19.5 Å². The Balaban J connectivity index is 1.68. The first-order valence-electron chi connectivity index (χ1n) is 9.22. The number of benzene rings is 1. The Morgan fingerprint density at radius 1 is 1.19 bits per heavy atom. The van der Waals surface area contributed by atoms with Crippen molar-refractivity contribution in [3.8, 4) is 11.5 Å². The molecule has 0 unspecified atom stereocenters. The van der Waals surface area contributed by atoms with Crippen LogP contribution in [0.3, 0.4) is 0 Å². The molecule has 1 saturated carbocycles. The van der Waals surface area contributed by atoms with E-state index in [0.29, 0.717) is 36.8 Å². The number of methoxy groups -OCH3 is 2. The average Bonchev–Trinajstić information content (AvgIpc) is 2.68. The molecule has 9 heteroatoms. The minimum Gasteiger partial charge on any atom is -0.493 e. The second-order valence-corrected chi connectivity index (χ2v) is 8.71. The molecule has 2 aliphatic rings. The highest BCUT2D eigenvalue weighted by molar-refractivity contribution is 7.90. The molecule has 0 bridgehead atoms. The van der Waals surface area contributed by atoms with Gasteiger partial charge in [0.15, 0.2) is 11.5 Å². The fourth-order valence-corrected chi connectivity index (χ4v) is 4.76. The molecule has 1 aromatic rings. The lowest BCUT2D eigenvalue weighted by molar-refractivity contribution is 0.106. The molecule has 150 valence electrons. The van der Waals surface area contributed by atoms with E-state index in [1.165, 1.54) is 52.0 Å². The molecule has 8 nitrogen and oxygen atoms in total. The minimum absolute atomic E-state index is 0.0907. The highest BCUT2D eigenvalue weighted by Crippen LogP contribution is 2.30. The first-order valence-corrected chi connectivity index (χ1v) is 10.7. The maximum atomic E-state index is 12.7. The van der Waals surface area contributed by atoms with Crippen LogP contribution in [0.4, 0.5) is 0 Å². The van der Waals surface area contributed by atoms with Crippen molar-refractivity contribution >= 4 is 16.0 Å². The Morgan fingerprint density at radius 2 is 1.93 bits per heavy atom. The van der Waals surface area contributed by atoms with Gasteiger partial charge < -0.3 is 14.8 Å². The second-order valence-electron chi connectivity index (χ2n) is 7.02. The largest absolute Gasteiger partial charge is 0.493 e. The van der Waals surface area contributed by atoms with E-state index in [9.17, 15) is 8.42 Å². The number of rotatable bonds is 5. The van der Waals surface area contributed by atoms with Crippen molar-refractivity contribution in [1.29, 1.82) is 0 Å². The number of nitrogens with zero attached hydrogens (tertiary/aromatic N) is 2. The Morgan fingerprint density at radius 3 is 2.56 bits per heavy atom. The topological polar surface area (TPSA) is 92.3 Å². The van der Waals surface area contributed by atoms with E-state index < -0.39 is 10.0 Å². The summed E-state index contributed by atoms with van der Waals surface area (Å²) in [5.41, 5.74) is 0. The molecule has 2 atom stereocenters. The first kappa shape index (κ1) is 19.8. The molecule has 0 amide bonds. The Kier molecular flexibility index (Phi) is 6.11. The van der Waals surface area contributed by atoms with Crippen molar-refractivity contribution in [2.24, 2.45) is 10.9 Å². The van der Waals surface area contributed by atoms with Crippen molar-refractivity contribution in [2.75, 3.05) is 27.6 Å². The van der Waals surface area contributed by atoms with Crippen LogP contribution in [0, 0.1) is 5.92 Å². The van der Waals surface area contributed by atoms with Gasteiger partial charge >= 0.3 is 0 Å². The van der Waals surface area contributed by atoms with E-state index in [0.717, 1.165) is 0 Å². The molecular formula is C18H28N4O4S. The fraction of sp³-hybridized carbons (Fsp3) is 0.611. The maximum Gasteiger partial charge on any atom is 0.264 e. The molecule has 0 aromatic heterocycles. The van der Waals surface area contributed by atoms with Gasteiger partial charge in [0.1, 0.15) is 0 Å². The zero-order valence-electron chi connectivity index (χ0n) is 16.1. The predicted octanol–water partition coefficient (Wildman–Crippen LogP) is 1.74. The summed E-state index contributed by atoms with van der Waals surface area (Å²) in [6, 6.07) is 4.97. The number of hydrogen-bond donors (Lipinski definition) is 2. The zero-order valence-corrected chi connectivity index (χ0v) is 16.9. The summed E-state index contributed by atoms with van der Waals surface area (Å²) in [4.78, 5) is 6.76. The molecular weight excluding hydrogens is 368 g/mol. The first-order chi connectivity index (χ1) is 12.9. The lowest BCUT2D eigenvalue weighted by Gasteiger charge is -2.39. The van der Waals surface area contributed by atoms with Gasteiger partial charge in [-0.25, -0.2) is 18.1 Å². The Bertz CT molecular complexity index is 797. The van der Waals surface area contributed by atoms with E-state index in [2.05, 4.69) is 26.9 Å². The van der Waals surface area contributed by atoms with Gasteiger partial charge in [-0.05, 0) is 30.9 Å². The summed E-state index contributed by atoms with van der Waals surface area (Å²) in [6.45, 7) is 3.36. The summed E-state index contributed by atoms with van der Waals surface area (Å²) in [7, 11) is -0.797. The molecule has 1 aromatic carbocycles. The summed E-state index contributed by atoms with van der Waals surface area (Å²) in [5.74, 6) is 1.74. The average molecular weight is 397 g/mol. The van der Waals surface area contributed by atoms with Crippen LogP contribution in [0.5, 0.6) is 11.5 Å². The van der Waals surface area contributed by atoms with Crippen LogP contribution in [0.2, 0.25) is 0 Å². The molecule has 2 N–H and O–H groups in total. The third-order valence-corrected chi connectivity index (χ3v) is 6.63. The standard InChI is InChI=1S/C18H28N4O4S/c1-13-6-4-5-7-15(13)22-11-19-18(20-12-22)21-27(23,24)14-8-9-16(25-2)17(10-14)26-3/h8-10,13,15H,4-7,11-12H2,1-3H3,(H2,19,20,21)/t13-,15-/m1/s1. The molecule has 1 fully saturated rings. The molecule has 0 radical (unpaired) electrons. The quantitative estimate of drug-likeness (QED) is 0.788. The number of guanidine groups is 1. The SMILES string of the molecule is COc1ccc(S(=O)(=O)NC2=NCN([C@@H]3CCCC[C@H]3C)CN2)cc1OC. The van der Waals surface area contributed by atoms with Gasteiger partial charge in [0.2, 0.25) is 5.96 Å². The van der Waals surface area contributed by atoms with Crippen LogP contribution in [0.1, 0.15) is 32.6 Å². The van der Waals surface area contributed by atoms with Crippen LogP contribution in [-0.4, -0.2) is 52.9 Å². The van der Waals surface area contributed by atoms with Gasteiger partial charge in [0, 0.05) is 12.1 Å². The van der Waals surface area contributed by atoms with Crippen molar-refractivity contribution in [3.05, 3.63) is 18.2 Å². The third-order valence-electron chi connectivity index (χ3n) is 5.29. The summed E-state index contributed by atoms with van der Waals surface area (Å²) >= 11 is 0. The van der Waals surface area contributed by atoms with Crippen molar-refractivity contribution < 1.29 is 17.9 Å². The van der Waals surface area contributed by atoms with Crippen molar-refractivity contribution in [3.63, 3.8) is 0 Å². The Hall–Kier alpha value is -2.00. The van der Waals surface area contributed by atoms with Gasteiger partial charge in [0.05, 0.1) is 32.5 Å². The van der Waals surface area contributed by atoms with Gasteiger partial charge in [-0.1, -0.05) is 19.8 Å². The van der Waals surface area contributed by atoms with E-state index in [1.807, 2.05) is 0 Å². The third kappa shape index (κ3) is 4.47. The highest BCUT2D eigenvalue weighted by atomic mass is 32.2. The Labute approximate surface area is 161 Å². The highest BCUT2D eigenvalue weighted by Gasteiger charge is 2.29. The van der Waals surface area contributed by atoms with Crippen LogP contribution in [0.15, 0.2) is 28.1 Å². The van der Waals surface area contributed by atoms with E-state index in [1.54, 1.807) is 6.07 Å². The molecule has 0 saturated heterocycles. The number of hydrogen-bond acceptors (Lipinski definition) is 7. The smallest absolute Gasteiger partial charge is 0.264 e. The van der Waals surface area contributed by atoms with E-state index in [-0.39, 0.29) is 10.9 Å². The zero-order chi connectivity index (χ0) is 19.4. The minimum atomic E-state index is -3.77. The van der Waals surface area contributed by atoms with Crippen LogP contribution >= 0.6 is 0 Å². The molecule has 1 heterocycles.